The van der Waals surface area contributed by atoms with E-state index in [9.17, 15) is 4.79 Å². The first-order valence-electron chi connectivity index (χ1n) is 8.77. The van der Waals surface area contributed by atoms with Gasteiger partial charge in [0.25, 0.3) is 5.91 Å². The Labute approximate surface area is 159 Å². The third kappa shape index (κ3) is 4.82. The number of hydrogen-bond donors (Lipinski definition) is 2. The molecule has 0 aliphatic carbocycles. The molecule has 0 aliphatic rings. The predicted octanol–water partition coefficient (Wildman–Crippen LogP) is 3.97. The monoisotopic (exact) mass is 361 g/mol. The lowest BCUT2D eigenvalue weighted by molar-refractivity contribution is 0.102. The lowest BCUT2D eigenvalue weighted by atomic mass is 10.1. The van der Waals surface area contributed by atoms with E-state index >= 15 is 0 Å². The maximum Gasteiger partial charge on any atom is 0.276 e. The summed E-state index contributed by atoms with van der Waals surface area (Å²) in [5.74, 6) is 0.334. The fraction of sp³-hybridized carbons (Fsp3) is 0.190. The van der Waals surface area contributed by atoms with Gasteiger partial charge < -0.3 is 15.5 Å². The molecule has 6 heteroatoms. The van der Waals surface area contributed by atoms with E-state index in [1.54, 1.807) is 12.1 Å². The number of benzene rings is 2. The van der Waals surface area contributed by atoms with Crippen molar-refractivity contribution in [3.05, 3.63) is 78.0 Å². The molecule has 1 aromatic heterocycles. The van der Waals surface area contributed by atoms with Gasteiger partial charge in [0.15, 0.2) is 5.69 Å². The minimum absolute atomic E-state index is 0.0930. The van der Waals surface area contributed by atoms with E-state index < -0.39 is 0 Å². The second-order valence-corrected chi connectivity index (χ2v) is 6.48. The average Bonchev–Trinajstić information content (AvgIpc) is 2.69. The standard InChI is InChI=1S/C21H23N5O/c1-15(16-7-5-4-6-8-16)22-20-14-13-19(24-25-20)21(27)23-17-9-11-18(12-10-17)26(2)3/h4-15H,1-3H3,(H,22,25)(H,23,27). The van der Waals surface area contributed by atoms with Crippen molar-refractivity contribution in [2.75, 3.05) is 29.6 Å². The predicted molar refractivity (Wildman–Crippen MR) is 109 cm³/mol. The lowest BCUT2D eigenvalue weighted by Crippen LogP contribution is -2.15. The van der Waals surface area contributed by atoms with Crippen molar-refractivity contribution in [2.45, 2.75) is 13.0 Å². The van der Waals surface area contributed by atoms with Gasteiger partial charge in [0.1, 0.15) is 5.82 Å². The van der Waals surface area contributed by atoms with Crippen LogP contribution in [0.4, 0.5) is 17.2 Å². The van der Waals surface area contributed by atoms with Gasteiger partial charge in [-0.15, -0.1) is 10.2 Å². The van der Waals surface area contributed by atoms with Crippen molar-refractivity contribution < 1.29 is 4.79 Å². The van der Waals surface area contributed by atoms with Crippen LogP contribution in [-0.4, -0.2) is 30.2 Å². The summed E-state index contributed by atoms with van der Waals surface area (Å²) in [4.78, 5) is 14.3. The normalized spacial score (nSPS) is 11.5. The maximum absolute atomic E-state index is 12.3. The van der Waals surface area contributed by atoms with E-state index in [4.69, 9.17) is 0 Å². The fourth-order valence-electron chi connectivity index (χ4n) is 2.62. The highest BCUT2D eigenvalue weighted by Crippen LogP contribution is 2.18. The number of aromatic nitrogens is 2. The quantitative estimate of drug-likeness (QED) is 0.695. The fourth-order valence-corrected chi connectivity index (χ4v) is 2.62. The van der Waals surface area contributed by atoms with Crippen molar-refractivity contribution in [1.29, 1.82) is 0 Å². The first-order valence-corrected chi connectivity index (χ1v) is 8.77. The zero-order valence-corrected chi connectivity index (χ0v) is 15.7. The summed E-state index contributed by atoms with van der Waals surface area (Å²) in [5.41, 5.74) is 3.20. The molecule has 6 nitrogen and oxygen atoms in total. The van der Waals surface area contributed by atoms with E-state index in [1.165, 1.54) is 0 Å². The molecule has 2 N–H and O–H groups in total. The van der Waals surface area contributed by atoms with Crippen LogP contribution in [0.15, 0.2) is 66.7 Å². The highest BCUT2D eigenvalue weighted by atomic mass is 16.1. The number of hydrogen-bond acceptors (Lipinski definition) is 5. The van der Waals surface area contributed by atoms with Crippen LogP contribution in [-0.2, 0) is 0 Å². The van der Waals surface area contributed by atoms with Gasteiger partial charge in [-0.3, -0.25) is 4.79 Å². The van der Waals surface area contributed by atoms with Gasteiger partial charge in [0.2, 0.25) is 0 Å². The van der Waals surface area contributed by atoms with Crippen LogP contribution in [0.1, 0.15) is 29.0 Å². The molecule has 0 aliphatic heterocycles. The molecule has 1 unspecified atom stereocenters. The minimum Gasteiger partial charge on any atom is -0.378 e. The van der Waals surface area contributed by atoms with Crippen LogP contribution >= 0.6 is 0 Å². The third-order valence-corrected chi connectivity index (χ3v) is 4.20. The van der Waals surface area contributed by atoms with E-state index in [0.29, 0.717) is 11.5 Å². The second-order valence-electron chi connectivity index (χ2n) is 6.48. The summed E-state index contributed by atoms with van der Waals surface area (Å²) in [6, 6.07) is 21.2. The first kappa shape index (κ1) is 18.4. The van der Waals surface area contributed by atoms with Crippen LogP contribution in [0.2, 0.25) is 0 Å². The lowest BCUT2D eigenvalue weighted by Gasteiger charge is -2.14. The zero-order chi connectivity index (χ0) is 19.2. The number of nitrogens with one attached hydrogen (secondary N) is 2. The number of carbonyl (C=O) groups excluding carboxylic acids is 1. The Morgan fingerprint density at radius 3 is 2.22 bits per heavy atom. The summed E-state index contributed by atoms with van der Waals surface area (Å²) in [6.45, 7) is 2.05. The van der Waals surface area contributed by atoms with Gasteiger partial charge in [0, 0.05) is 31.5 Å². The number of nitrogens with zero attached hydrogens (tertiary/aromatic N) is 3. The van der Waals surface area contributed by atoms with Crippen molar-refractivity contribution >= 4 is 23.1 Å². The van der Waals surface area contributed by atoms with Gasteiger partial charge in [0.05, 0.1) is 0 Å². The molecule has 0 saturated heterocycles. The van der Waals surface area contributed by atoms with Crippen molar-refractivity contribution in [3.63, 3.8) is 0 Å². The Bertz CT molecular complexity index is 877. The SMILES string of the molecule is CC(Nc1ccc(C(=O)Nc2ccc(N(C)C)cc2)nn1)c1ccccc1. The molecule has 2 aromatic carbocycles. The molecular formula is C21H23N5O. The molecule has 138 valence electrons. The van der Waals surface area contributed by atoms with Gasteiger partial charge in [-0.25, -0.2) is 0 Å². The molecular weight excluding hydrogens is 338 g/mol. The molecule has 0 bridgehead atoms. The van der Waals surface area contributed by atoms with Crippen LogP contribution < -0.4 is 15.5 Å². The molecule has 1 amide bonds. The van der Waals surface area contributed by atoms with Crippen molar-refractivity contribution in [2.24, 2.45) is 0 Å². The first-order chi connectivity index (χ1) is 13.0. The summed E-state index contributed by atoms with van der Waals surface area (Å²) in [6.07, 6.45) is 0. The largest absolute Gasteiger partial charge is 0.378 e. The Morgan fingerprint density at radius 1 is 0.926 bits per heavy atom. The highest BCUT2D eigenvalue weighted by Gasteiger charge is 2.10. The minimum atomic E-state index is -0.289. The number of carbonyl (C=O) groups is 1. The summed E-state index contributed by atoms with van der Waals surface area (Å²) >= 11 is 0. The molecule has 0 fully saturated rings. The van der Waals surface area contributed by atoms with Crippen molar-refractivity contribution in [1.82, 2.24) is 10.2 Å². The third-order valence-electron chi connectivity index (χ3n) is 4.20. The maximum atomic E-state index is 12.3. The molecule has 0 radical (unpaired) electrons. The van der Waals surface area contributed by atoms with Crippen molar-refractivity contribution in [3.8, 4) is 0 Å². The molecule has 3 aromatic rings. The molecule has 0 spiro atoms. The van der Waals surface area contributed by atoms with Crippen LogP contribution in [0, 0.1) is 0 Å². The Kier molecular flexibility index (Phi) is 5.66. The molecule has 3 rings (SSSR count). The molecule has 1 atom stereocenters. The Balaban J connectivity index is 1.61. The molecule has 1 heterocycles. The van der Waals surface area contributed by atoms with Gasteiger partial charge >= 0.3 is 0 Å². The Hall–Kier alpha value is -3.41. The van der Waals surface area contributed by atoms with E-state index in [1.807, 2.05) is 61.5 Å². The average molecular weight is 361 g/mol. The van der Waals surface area contributed by atoms with Gasteiger partial charge in [-0.1, -0.05) is 30.3 Å². The number of rotatable bonds is 6. The number of anilines is 3. The van der Waals surface area contributed by atoms with Gasteiger partial charge in [-0.05, 0) is 48.9 Å². The zero-order valence-electron chi connectivity index (χ0n) is 15.7. The van der Waals surface area contributed by atoms with E-state index in [-0.39, 0.29) is 17.6 Å². The molecule has 27 heavy (non-hydrogen) atoms. The van der Waals surface area contributed by atoms with Crippen LogP contribution in [0.3, 0.4) is 0 Å². The van der Waals surface area contributed by atoms with E-state index in [0.717, 1.165) is 11.3 Å². The summed E-state index contributed by atoms with van der Waals surface area (Å²) < 4.78 is 0. The molecule has 0 saturated carbocycles. The highest BCUT2D eigenvalue weighted by molar-refractivity contribution is 6.02. The topological polar surface area (TPSA) is 70.2 Å². The Morgan fingerprint density at radius 2 is 1.63 bits per heavy atom. The number of amides is 1. The summed E-state index contributed by atoms with van der Waals surface area (Å²) in [5, 5.41) is 14.3. The van der Waals surface area contributed by atoms with E-state index in [2.05, 4.69) is 39.9 Å². The van der Waals surface area contributed by atoms with Crippen LogP contribution in [0.25, 0.3) is 0 Å². The summed E-state index contributed by atoms with van der Waals surface area (Å²) in [7, 11) is 3.94. The second kappa shape index (κ2) is 8.31. The smallest absolute Gasteiger partial charge is 0.276 e. The van der Waals surface area contributed by atoms with Gasteiger partial charge in [-0.2, -0.15) is 0 Å². The van der Waals surface area contributed by atoms with Crippen LogP contribution in [0.5, 0.6) is 0 Å².